The van der Waals surface area contributed by atoms with Gasteiger partial charge in [0, 0.05) is 26.9 Å². The van der Waals surface area contributed by atoms with E-state index in [1.807, 2.05) is 36.4 Å². The third kappa shape index (κ3) is 4.51. The van der Waals surface area contributed by atoms with Crippen LogP contribution in [0.2, 0.25) is 10.0 Å². The number of rotatable bonds is 4. The van der Waals surface area contributed by atoms with Crippen LogP contribution in [-0.4, -0.2) is 5.91 Å². The van der Waals surface area contributed by atoms with Gasteiger partial charge in [-0.05, 0) is 59.2 Å². The highest BCUT2D eigenvalue weighted by molar-refractivity contribution is 6.33. The number of amides is 1. The quantitative estimate of drug-likeness (QED) is 0.364. The zero-order valence-electron chi connectivity index (χ0n) is 15.4. The Bertz CT molecular complexity index is 1140. The standard InChI is InChI=1S/C25H17Cl2NO/c26-21-11-13-22(14-12-21)28-25(29)20-10-15-24(27)23(16-20)19-8-6-18(7-9-19)17-4-2-1-3-5-17/h1-16H,(H,28,29). The number of anilines is 1. The fraction of sp³-hybridized carbons (Fsp3) is 0. The Labute approximate surface area is 179 Å². The molecule has 1 N–H and O–H groups in total. The number of hydrogen-bond acceptors (Lipinski definition) is 1. The Morgan fingerprint density at radius 3 is 1.97 bits per heavy atom. The van der Waals surface area contributed by atoms with Crippen LogP contribution in [-0.2, 0) is 0 Å². The van der Waals surface area contributed by atoms with Crippen LogP contribution in [0.25, 0.3) is 22.3 Å². The average molecular weight is 418 g/mol. The highest BCUT2D eigenvalue weighted by Crippen LogP contribution is 2.31. The maximum atomic E-state index is 12.6. The van der Waals surface area contributed by atoms with Crippen molar-refractivity contribution in [2.75, 3.05) is 5.32 Å². The lowest BCUT2D eigenvalue weighted by atomic mass is 9.99. The fourth-order valence-corrected chi connectivity index (χ4v) is 3.45. The molecule has 1 amide bonds. The topological polar surface area (TPSA) is 29.1 Å². The summed E-state index contributed by atoms with van der Waals surface area (Å²) in [5.41, 5.74) is 5.27. The number of hydrogen-bond donors (Lipinski definition) is 1. The van der Waals surface area contributed by atoms with Gasteiger partial charge in [0.05, 0.1) is 0 Å². The molecule has 4 aromatic carbocycles. The summed E-state index contributed by atoms with van der Waals surface area (Å²) in [7, 11) is 0. The lowest BCUT2D eigenvalue weighted by Crippen LogP contribution is -2.11. The summed E-state index contributed by atoms with van der Waals surface area (Å²) in [6, 6.07) is 30.6. The number of halogens is 2. The predicted octanol–water partition coefficient (Wildman–Crippen LogP) is 7.58. The molecule has 4 aromatic rings. The van der Waals surface area contributed by atoms with Crippen molar-refractivity contribution in [2.24, 2.45) is 0 Å². The molecule has 0 aliphatic heterocycles. The Morgan fingerprint density at radius 1 is 0.655 bits per heavy atom. The van der Waals surface area contributed by atoms with Gasteiger partial charge in [-0.25, -0.2) is 0 Å². The van der Waals surface area contributed by atoms with E-state index in [1.165, 1.54) is 0 Å². The molecule has 0 unspecified atom stereocenters. The number of carbonyl (C=O) groups is 1. The zero-order valence-corrected chi connectivity index (χ0v) is 16.9. The second-order valence-corrected chi connectivity index (χ2v) is 7.44. The third-order valence-corrected chi connectivity index (χ3v) is 5.22. The number of benzene rings is 4. The lowest BCUT2D eigenvalue weighted by molar-refractivity contribution is 0.102. The molecular weight excluding hydrogens is 401 g/mol. The van der Waals surface area contributed by atoms with Gasteiger partial charge in [-0.3, -0.25) is 4.79 Å². The van der Waals surface area contributed by atoms with E-state index in [9.17, 15) is 4.79 Å². The lowest BCUT2D eigenvalue weighted by Gasteiger charge is -2.10. The minimum absolute atomic E-state index is 0.203. The van der Waals surface area contributed by atoms with Crippen molar-refractivity contribution in [3.63, 3.8) is 0 Å². The van der Waals surface area contributed by atoms with Crippen LogP contribution < -0.4 is 5.32 Å². The molecule has 142 valence electrons. The number of carbonyl (C=O) groups excluding carboxylic acids is 1. The first-order valence-electron chi connectivity index (χ1n) is 9.12. The molecule has 0 atom stereocenters. The van der Waals surface area contributed by atoms with Crippen LogP contribution in [0.1, 0.15) is 10.4 Å². The molecule has 0 saturated heterocycles. The maximum Gasteiger partial charge on any atom is 0.255 e. The van der Waals surface area contributed by atoms with Crippen molar-refractivity contribution in [1.29, 1.82) is 0 Å². The first-order valence-corrected chi connectivity index (χ1v) is 9.88. The van der Waals surface area contributed by atoms with Crippen molar-refractivity contribution in [3.8, 4) is 22.3 Å². The monoisotopic (exact) mass is 417 g/mol. The average Bonchev–Trinajstić information content (AvgIpc) is 2.76. The van der Waals surface area contributed by atoms with E-state index in [0.717, 1.165) is 22.3 Å². The molecule has 2 nitrogen and oxygen atoms in total. The van der Waals surface area contributed by atoms with Gasteiger partial charge in [-0.1, -0.05) is 77.8 Å². The summed E-state index contributed by atoms with van der Waals surface area (Å²) in [5, 5.41) is 4.09. The summed E-state index contributed by atoms with van der Waals surface area (Å²) in [6.07, 6.45) is 0. The van der Waals surface area contributed by atoms with Gasteiger partial charge < -0.3 is 5.32 Å². The smallest absolute Gasteiger partial charge is 0.255 e. The van der Waals surface area contributed by atoms with Crippen LogP contribution in [0.5, 0.6) is 0 Å². The molecule has 4 heteroatoms. The zero-order chi connectivity index (χ0) is 20.2. The van der Waals surface area contributed by atoms with Gasteiger partial charge in [0.25, 0.3) is 5.91 Å². The largest absolute Gasteiger partial charge is 0.322 e. The van der Waals surface area contributed by atoms with Crippen LogP contribution in [0.3, 0.4) is 0 Å². The summed E-state index contributed by atoms with van der Waals surface area (Å²) < 4.78 is 0. The molecule has 0 spiro atoms. The molecular formula is C25H17Cl2NO. The Morgan fingerprint density at radius 2 is 1.28 bits per heavy atom. The van der Waals surface area contributed by atoms with E-state index >= 15 is 0 Å². The molecule has 0 aliphatic rings. The molecule has 0 radical (unpaired) electrons. The van der Waals surface area contributed by atoms with E-state index in [2.05, 4.69) is 29.6 Å². The Hall–Kier alpha value is -3.07. The molecule has 4 rings (SSSR count). The van der Waals surface area contributed by atoms with Crippen molar-refractivity contribution in [3.05, 3.63) is 113 Å². The first-order chi connectivity index (χ1) is 14.1. The molecule has 0 heterocycles. The van der Waals surface area contributed by atoms with E-state index in [4.69, 9.17) is 23.2 Å². The minimum atomic E-state index is -0.203. The summed E-state index contributed by atoms with van der Waals surface area (Å²) >= 11 is 12.3. The van der Waals surface area contributed by atoms with Crippen molar-refractivity contribution in [2.45, 2.75) is 0 Å². The van der Waals surface area contributed by atoms with Gasteiger partial charge in [0.15, 0.2) is 0 Å². The van der Waals surface area contributed by atoms with Gasteiger partial charge in [-0.15, -0.1) is 0 Å². The fourth-order valence-electron chi connectivity index (χ4n) is 3.10. The minimum Gasteiger partial charge on any atom is -0.322 e. The van der Waals surface area contributed by atoms with Crippen LogP contribution in [0.15, 0.2) is 97.1 Å². The molecule has 0 fully saturated rings. The van der Waals surface area contributed by atoms with E-state index in [-0.39, 0.29) is 5.91 Å². The van der Waals surface area contributed by atoms with Crippen molar-refractivity contribution < 1.29 is 4.79 Å². The van der Waals surface area contributed by atoms with Crippen LogP contribution >= 0.6 is 23.2 Å². The second kappa shape index (κ2) is 8.52. The van der Waals surface area contributed by atoms with Crippen LogP contribution in [0, 0.1) is 0 Å². The molecule has 0 aliphatic carbocycles. The maximum absolute atomic E-state index is 12.6. The predicted molar refractivity (Wildman–Crippen MR) is 122 cm³/mol. The Kier molecular flexibility index (Phi) is 5.66. The molecule has 29 heavy (non-hydrogen) atoms. The molecule has 0 saturated carbocycles. The van der Waals surface area contributed by atoms with Gasteiger partial charge >= 0.3 is 0 Å². The van der Waals surface area contributed by atoms with Gasteiger partial charge in [-0.2, -0.15) is 0 Å². The normalized spacial score (nSPS) is 10.6. The van der Waals surface area contributed by atoms with Crippen molar-refractivity contribution >= 4 is 34.8 Å². The highest BCUT2D eigenvalue weighted by atomic mass is 35.5. The molecule has 0 aromatic heterocycles. The van der Waals surface area contributed by atoms with E-state index < -0.39 is 0 Å². The second-order valence-electron chi connectivity index (χ2n) is 6.60. The molecule has 0 bridgehead atoms. The summed E-state index contributed by atoms with van der Waals surface area (Å²) in [6.45, 7) is 0. The van der Waals surface area contributed by atoms with E-state index in [1.54, 1.807) is 36.4 Å². The summed E-state index contributed by atoms with van der Waals surface area (Å²) in [5.74, 6) is -0.203. The third-order valence-electron chi connectivity index (χ3n) is 4.63. The van der Waals surface area contributed by atoms with Gasteiger partial charge in [0.2, 0.25) is 0 Å². The van der Waals surface area contributed by atoms with Gasteiger partial charge in [0.1, 0.15) is 0 Å². The van der Waals surface area contributed by atoms with E-state index in [0.29, 0.717) is 21.3 Å². The SMILES string of the molecule is O=C(Nc1ccc(Cl)cc1)c1ccc(Cl)c(-c2ccc(-c3ccccc3)cc2)c1. The Balaban J connectivity index is 1.59. The van der Waals surface area contributed by atoms with Crippen LogP contribution in [0.4, 0.5) is 5.69 Å². The first kappa shape index (κ1) is 19.3. The van der Waals surface area contributed by atoms with Crippen molar-refractivity contribution in [1.82, 2.24) is 0 Å². The number of nitrogens with one attached hydrogen (secondary N) is 1. The summed E-state index contributed by atoms with van der Waals surface area (Å²) in [4.78, 5) is 12.6. The highest BCUT2D eigenvalue weighted by Gasteiger charge is 2.11.